The third-order valence-corrected chi connectivity index (χ3v) is 16.9. The molecule has 2 aliphatic heterocycles. The average molecular weight is 1140 g/mol. The fourth-order valence-corrected chi connectivity index (χ4v) is 12.8. The molecular formula is C48H49N13O9S6. The summed E-state index contributed by atoms with van der Waals surface area (Å²) >= 11 is 7.12. The summed E-state index contributed by atoms with van der Waals surface area (Å²) in [6.07, 6.45) is 0.518. The number of nitrogens with zero attached hydrogens (tertiary/aromatic N) is 6. The second-order valence-electron chi connectivity index (χ2n) is 17.4. The van der Waals surface area contributed by atoms with Crippen LogP contribution >= 0.6 is 68.4 Å². The van der Waals surface area contributed by atoms with Gasteiger partial charge in [0.25, 0.3) is 29.5 Å². The van der Waals surface area contributed by atoms with Crippen LogP contribution in [0.3, 0.4) is 0 Å². The number of ketones is 1. The van der Waals surface area contributed by atoms with Crippen LogP contribution in [-0.2, 0) is 19.2 Å². The fourth-order valence-electron chi connectivity index (χ4n) is 7.38. The Labute approximate surface area is 458 Å². The number of carbonyl (C=O) groups excluding carboxylic acids is 7. The first-order valence-corrected chi connectivity index (χ1v) is 28.6. The predicted octanol–water partition coefficient (Wildman–Crippen LogP) is 4.84. The lowest BCUT2D eigenvalue weighted by Crippen LogP contribution is -2.52. The van der Waals surface area contributed by atoms with E-state index in [1.54, 1.807) is 53.6 Å². The molecule has 0 aromatic carbocycles. The zero-order valence-electron chi connectivity index (χ0n) is 41.4. The third-order valence-electron chi connectivity index (χ3n) is 11.4. The summed E-state index contributed by atoms with van der Waals surface area (Å²) in [6, 6.07) is 0.535. The molecule has 0 saturated carbocycles. The lowest BCUT2D eigenvalue weighted by molar-refractivity contribution is -0.124. The smallest absolute Gasteiger partial charge is 0.275 e. The Balaban J connectivity index is 1.13. The SMILES string of the molecule is C/C=C(\NC(=O)c1csc(-c2csc(-c3ccc4c(n3)-c3csc(n3)C(C(C)O)NC(=O)C3=CSC(N3)C(C(C)C)NC(=O)c3csc(n3)/C(=C/C)NC(=O)C(C(C)O)NC(=O)c3csc-4n3)n2)n1)C(=O)NCC(C)=O. The van der Waals surface area contributed by atoms with Gasteiger partial charge in [0.05, 0.1) is 41.6 Å². The molecule has 8 bridgehead atoms. The number of carbonyl (C=O) groups is 7. The van der Waals surface area contributed by atoms with Crippen LogP contribution in [0.2, 0.25) is 0 Å². The number of thioether (sulfide) groups is 1. The van der Waals surface area contributed by atoms with Crippen LogP contribution in [0.5, 0.6) is 0 Å². The molecule has 0 fully saturated rings. The molecule has 76 heavy (non-hydrogen) atoms. The van der Waals surface area contributed by atoms with Crippen LogP contribution in [0, 0.1) is 5.92 Å². The number of allylic oxidation sites excluding steroid dienone is 2. The largest absolute Gasteiger partial charge is 0.391 e. The van der Waals surface area contributed by atoms with Crippen LogP contribution in [0.25, 0.3) is 49.1 Å². The van der Waals surface area contributed by atoms with E-state index >= 15 is 0 Å². The number of thiazole rings is 5. The number of fused-ring (bicyclic) bond motifs is 11. The van der Waals surface area contributed by atoms with Crippen molar-refractivity contribution < 1.29 is 43.8 Å². The van der Waals surface area contributed by atoms with Gasteiger partial charge in [0.1, 0.15) is 88.5 Å². The Bertz CT molecular complexity index is 3330. The first-order valence-electron chi connectivity index (χ1n) is 23.3. The molecule has 0 saturated heterocycles. The third kappa shape index (κ3) is 12.5. The van der Waals surface area contributed by atoms with Crippen molar-refractivity contribution in [1.82, 2.24) is 67.1 Å². The van der Waals surface area contributed by atoms with Crippen LogP contribution in [0.4, 0.5) is 0 Å². The maximum absolute atomic E-state index is 13.9. The predicted molar refractivity (Wildman–Crippen MR) is 292 cm³/mol. The molecule has 0 aliphatic carbocycles. The Morgan fingerprint density at radius 3 is 1.99 bits per heavy atom. The van der Waals surface area contributed by atoms with Gasteiger partial charge < -0.3 is 47.4 Å². The molecule has 6 unspecified atom stereocenters. The number of Topliss-reactive ketones (excluding diaryl/α,β-unsaturated/α-hetero) is 1. The maximum Gasteiger partial charge on any atom is 0.275 e. The Kier molecular flexibility index (Phi) is 17.4. The average Bonchev–Trinajstić information content (AvgIpc) is 4.26. The number of aromatic nitrogens is 6. The fraction of sp³-hybridized carbons (Fsp3) is 0.312. The van der Waals surface area contributed by atoms with Gasteiger partial charge in [-0.2, -0.15) is 0 Å². The second kappa shape index (κ2) is 24.0. The number of nitrogens with one attached hydrogen (secondary N) is 7. The zero-order chi connectivity index (χ0) is 54.5. The van der Waals surface area contributed by atoms with Crippen molar-refractivity contribution in [3.05, 3.63) is 95.1 Å². The minimum atomic E-state index is -1.44. The number of pyridine rings is 1. The van der Waals surface area contributed by atoms with E-state index in [9.17, 15) is 43.8 Å². The number of hydrogen-bond acceptors (Lipinski definition) is 22. The van der Waals surface area contributed by atoms with Crippen LogP contribution < -0.4 is 37.2 Å². The van der Waals surface area contributed by atoms with E-state index in [0.717, 1.165) is 34.0 Å². The summed E-state index contributed by atoms with van der Waals surface area (Å²) < 4.78 is 0. The molecule has 0 radical (unpaired) electrons. The van der Waals surface area contributed by atoms with Crippen molar-refractivity contribution >= 4 is 115 Å². The first kappa shape index (κ1) is 55.3. The molecule has 28 heteroatoms. The van der Waals surface area contributed by atoms with E-state index in [2.05, 4.69) is 52.2 Å². The highest BCUT2D eigenvalue weighted by Crippen LogP contribution is 2.38. The van der Waals surface area contributed by atoms with Gasteiger partial charge in [0.15, 0.2) is 0 Å². The van der Waals surface area contributed by atoms with E-state index < -0.39 is 71.2 Å². The molecule has 8 heterocycles. The molecular weight excluding hydrogens is 1100 g/mol. The van der Waals surface area contributed by atoms with E-state index in [0.29, 0.717) is 53.4 Å². The van der Waals surface area contributed by atoms with Crippen molar-refractivity contribution in [3.8, 4) is 43.4 Å². The van der Waals surface area contributed by atoms with E-state index in [1.807, 2.05) is 13.8 Å². The van der Waals surface area contributed by atoms with E-state index in [-0.39, 0.29) is 52.4 Å². The van der Waals surface area contributed by atoms with E-state index in [4.69, 9.17) is 15.0 Å². The topological polar surface area (TPSA) is 321 Å². The lowest BCUT2D eigenvalue weighted by Gasteiger charge is -2.28. The van der Waals surface area contributed by atoms with Gasteiger partial charge in [-0.3, -0.25) is 33.6 Å². The van der Waals surface area contributed by atoms with Crippen molar-refractivity contribution in [2.24, 2.45) is 5.92 Å². The maximum atomic E-state index is 13.9. The molecule has 9 N–H and O–H groups in total. The second-order valence-corrected chi connectivity index (χ2v) is 22.7. The number of hydrogen-bond donors (Lipinski definition) is 9. The number of aliphatic hydroxyl groups is 2. The van der Waals surface area contributed by atoms with Crippen LogP contribution in [0.15, 0.2) is 68.0 Å². The summed E-state index contributed by atoms with van der Waals surface area (Å²) in [5.41, 5.74) is 2.41. The quantitative estimate of drug-likeness (QED) is 0.0829. The molecule has 6 amide bonds. The zero-order valence-corrected chi connectivity index (χ0v) is 46.3. The van der Waals surface area contributed by atoms with E-state index in [1.165, 1.54) is 72.0 Å². The summed E-state index contributed by atoms with van der Waals surface area (Å²) in [7, 11) is 0. The van der Waals surface area contributed by atoms with Crippen molar-refractivity contribution in [2.45, 2.75) is 84.2 Å². The minimum Gasteiger partial charge on any atom is -0.391 e. The Morgan fingerprint density at radius 2 is 1.30 bits per heavy atom. The lowest BCUT2D eigenvalue weighted by atomic mass is 10.0. The molecule has 6 atom stereocenters. The Morgan fingerprint density at radius 1 is 0.684 bits per heavy atom. The molecule has 6 aromatic rings. The van der Waals surface area contributed by atoms with Crippen molar-refractivity contribution in [3.63, 3.8) is 0 Å². The summed E-state index contributed by atoms with van der Waals surface area (Å²) in [5.74, 6) is -4.14. The molecule has 2 aliphatic rings. The Hall–Kier alpha value is -6.92. The van der Waals surface area contributed by atoms with Gasteiger partial charge in [0, 0.05) is 37.9 Å². The summed E-state index contributed by atoms with van der Waals surface area (Å²) in [5, 5.41) is 52.5. The van der Waals surface area contributed by atoms with Gasteiger partial charge in [-0.15, -0.1) is 68.4 Å². The van der Waals surface area contributed by atoms with Gasteiger partial charge in [-0.25, -0.2) is 29.9 Å². The van der Waals surface area contributed by atoms with Gasteiger partial charge >= 0.3 is 0 Å². The highest BCUT2D eigenvalue weighted by atomic mass is 32.2. The molecule has 0 spiro atoms. The number of aliphatic hydroxyl groups excluding tert-OH is 2. The highest BCUT2D eigenvalue weighted by Gasteiger charge is 2.35. The first-order chi connectivity index (χ1) is 36.3. The van der Waals surface area contributed by atoms with Crippen molar-refractivity contribution in [2.75, 3.05) is 6.54 Å². The standard InChI is InChI=1S/C48H49N13O9S6/c1-8-24(37(65)49-12-20(5)62)51-38(66)28-15-73-46(56-28)32-18-74-45(58-32)26-11-10-23-36(50-26)27-13-75-48(53-27)35(22(7)64)61-41(69)31-17-76-47(57-31)33(19(3)4)59-39(67)30-16-72-44(55-30)25(9-2)52-42(70)34(21(6)63)60-40(68)29-14-71-43(23)54-29/h8-11,13-19,21-22,33-35,47,57,63-64H,12H2,1-7H3,(H,49,65)(H,51,66)(H,52,70)(H,59,67)(H,60,68)(H,61,69)/b24-8-,25-9-. The molecule has 6 aromatic heterocycles. The number of amides is 6. The van der Waals surface area contributed by atoms with Gasteiger partial charge in [-0.1, -0.05) is 26.0 Å². The van der Waals surface area contributed by atoms with Gasteiger partial charge in [-0.05, 0) is 52.7 Å². The summed E-state index contributed by atoms with van der Waals surface area (Å²) in [4.78, 5) is 121. The monoisotopic (exact) mass is 1140 g/mol. The van der Waals surface area contributed by atoms with Crippen LogP contribution in [-0.4, -0.2) is 118 Å². The van der Waals surface area contributed by atoms with Crippen molar-refractivity contribution in [1.29, 1.82) is 0 Å². The molecule has 8 rings (SSSR count). The molecule has 22 nitrogen and oxygen atoms in total. The van der Waals surface area contributed by atoms with Gasteiger partial charge in [0.2, 0.25) is 5.91 Å². The highest BCUT2D eigenvalue weighted by molar-refractivity contribution is 8.03. The normalized spacial score (nSPS) is 19.8. The molecule has 396 valence electrons. The minimum absolute atomic E-state index is 0.0345. The number of rotatable bonds is 10. The summed E-state index contributed by atoms with van der Waals surface area (Å²) in [6.45, 7) is 11.1. The van der Waals surface area contributed by atoms with Crippen LogP contribution in [0.1, 0.15) is 96.0 Å².